The molecule has 0 saturated heterocycles. The first-order valence-electron chi connectivity index (χ1n) is 5.70. The van der Waals surface area contributed by atoms with Crippen molar-refractivity contribution >= 4 is 5.91 Å². The SMILES string of the molecule is C[C@H](N)C(=O)NC1CCC12CCCC2. The molecule has 2 aliphatic rings. The van der Waals surface area contributed by atoms with Gasteiger partial charge in [0, 0.05) is 6.04 Å². The quantitative estimate of drug-likeness (QED) is 0.696. The molecular weight excluding hydrogens is 176 g/mol. The lowest BCUT2D eigenvalue weighted by molar-refractivity contribution is -0.125. The lowest BCUT2D eigenvalue weighted by Crippen LogP contribution is -2.56. The van der Waals surface area contributed by atoms with Crippen LogP contribution < -0.4 is 11.1 Å². The van der Waals surface area contributed by atoms with Gasteiger partial charge in [0.25, 0.3) is 0 Å². The summed E-state index contributed by atoms with van der Waals surface area (Å²) in [4.78, 5) is 11.4. The fourth-order valence-corrected chi connectivity index (χ4v) is 2.90. The summed E-state index contributed by atoms with van der Waals surface area (Å²) in [5.74, 6) is 0.0148. The van der Waals surface area contributed by atoms with Crippen molar-refractivity contribution in [3.63, 3.8) is 0 Å². The zero-order valence-electron chi connectivity index (χ0n) is 8.88. The summed E-state index contributed by atoms with van der Waals surface area (Å²) in [5, 5.41) is 3.08. The summed E-state index contributed by atoms with van der Waals surface area (Å²) >= 11 is 0. The van der Waals surface area contributed by atoms with Gasteiger partial charge in [-0.05, 0) is 38.0 Å². The summed E-state index contributed by atoms with van der Waals surface area (Å²) in [7, 11) is 0. The zero-order valence-corrected chi connectivity index (χ0v) is 8.88. The minimum Gasteiger partial charge on any atom is -0.351 e. The first-order valence-corrected chi connectivity index (χ1v) is 5.70. The highest BCUT2D eigenvalue weighted by Gasteiger charge is 2.48. The van der Waals surface area contributed by atoms with Crippen molar-refractivity contribution in [2.24, 2.45) is 11.1 Å². The Hall–Kier alpha value is -0.570. The average Bonchev–Trinajstić information content (AvgIpc) is 2.62. The second kappa shape index (κ2) is 3.54. The highest BCUT2D eigenvalue weighted by molar-refractivity contribution is 5.81. The van der Waals surface area contributed by atoms with Crippen LogP contribution in [0, 0.1) is 5.41 Å². The molecule has 3 nitrogen and oxygen atoms in total. The number of nitrogens with one attached hydrogen (secondary N) is 1. The molecule has 2 saturated carbocycles. The smallest absolute Gasteiger partial charge is 0.236 e. The fourth-order valence-electron chi connectivity index (χ4n) is 2.90. The first-order chi connectivity index (χ1) is 6.64. The molecule has 0 aromatic carbocycles. The van der Waals surface area contributed by atoms with E-state index in [9.17, 15) is 4.79 Å². The van der Waals surface area contributed by atoms with Gasteiger partial charge < -0.3 is 11.1 Å². The molecule has 2 aliphatic carbocycles. The van der Waals surface area contributed by atoms with E-state index in [0.29, 0.717) is 11.5 Å². The van der Waals surface area contributed by atoms with Gasteiger partial charge in [0.15, 0.2) is 0 Å². The standard InChI is InChI=1S/C11H20N2O/c1-8(12)10(14)13-9-4-7-11(9)5-2-3-6-11/h8-9H,2-7,12H2,1H3,(H,13,14)/t8-,9?/m0/s1. The minimum absolute atomic E-state index is 0.0148. The highest BCUT2D eigenvalue weighted by Crippen LogP contribution is 2.53. The third-order valence-electron chi connectivity index (χ3n) is 4.00. The summed E-state index contributed by atoms with van der Waals surface area (Å²) < 4.78 is 0. The van der Waals surface area contributed by atoms with Crippen LogP contribution in [0.5, 0.6) is 0 Å². The maximum atomic E-state index is 11.4. The second-order valence-electron chi connectivity index (χ2n) is 4.96. The summed E-state index contributed by atoms with van der Waals surface area (Å²) in [6.07, 6.45) is 7.73. The van der Waals surface area contributed by atoms with Crippen LogP contribution in [0.25, 0.3) is 0 Å². The van der Waals surface area contributed by atoms with E-state index in [4.69, 9.17) is 5.73 Å². The minimum atomic E-state index is -0.367. The third-order valence-corrected chi connectivity index (χ3v) is 4.00. The molecule has 1 amide bonds. The predicted molar refractivity (Wildman–Crippen MR) is 55.7 cm³/mol. The third kappa shape index (κ3) is 1.54. The number of carbonyl (C=O) groups is 1. The molecule has 1 spiro atoms. The molecule has 80 valence electrons. The fraction of sp³-hybridized carbons (Fsp3) is 0.909. The normalized spacial score (nSPS) is 31.1. The molecule has 0 aromatic rings. The van der Waals surface area contributed by atoms with E-state index in [-0.39, 0.29) is 11.9 Å². The Bertz CT molecular complexity index is 231. The number of carbonyl (C=O) groups excluding carboxylic acids is 1. The first kappa shape index (κ1) is 9.97. The van der Waals surface area contributed by atoms with E-state index in [1.54, 1.807) is 6.92 Å². The maximum Gasteiger partial charge on any atom is 0.236 e. The van der Waals surface area contributed by atoms with E-state index in [1.165, 1.54) is 32.1 Å². The molecule has 0 aromatic heterocycles. The maximum absolute atomic E-state index is 11.4. The Morgan fingerprint density at radius 3 is 2.50 bits per heavy atom. The van der Waals surface area contributed by atoms with Gasteiger partial charge in [-0.1, -0.05) is 12.8 Å². The van der Waals surface area contributed by atoms with Gasteiger partial charge in [-0.2, -0.15) is 0 Å². The van der Waals surface area contributed by atoms with Crippen LogP contribution in [0.15, 0.2) is 0 Å². The van der Waals surface area contributed by atoms with Crippen molar-refractivity contribution in [2.75, 3.05) is 0 Å². The van der Waals surface area contributed by atoms with Gasteiger partial charge in [0.1, 0.15) is 0 Å². The van der Waals surface area contributed by atoms with Gasteiger partial charge in [-0.25, -0.2) is 0 Å². The number of nitrogens with two attached hydrogens (primary N) is 1. The molecular formula is C11H20N2O. The molecule has 0 radical (unpaired) electrons. The van der Waals surface area contributed by atoms with Gasteiger partial charge >= 0.3 is 0 Å². The van der Waals surface area contributed by atoms with Crippen LogP contribution in [-0.2, 0) is 4.79 Å². The molecule has 2 atom stereocenters. The van der Waals surface area contributed by atoms with Gasteiger partial charge in [-0.15, -0.1) is 0 Å². The van der Waals surface area contributed by atoms with Crippen molar-refractivity contribution in [1.82, 2.24) is 5.32 Å². The van der Waals surface area contributed by atoms with Gasteiger partial charge in [0.05, 0.1) is 6.04 Å². The molecule has 3 N–H and O–H groups in total. The monoisotopic (exact) mass is 196 g/mol. The zero-order chi connectivity index (χ0) is 10.2. The Balaban J connectivity index is 1.90. The highest BCUT2D eigenvalue weighted by atomic mass is 16.2. The molecule has 0 aliphatic heterocycles. The van der Waals surface area contributed by atoms with Crippen LogP contribution >= 0.6 is 0 Å². The Labute approximate surface area is 85.4 Å². The molecule has 2 rings (SSSR count). The van der Waals surface area contributed by atoms with Gasteiger partial charge in [-0.3, -0.25) is 4.79 Å². The van der Waals surface area contributed by atoms with Crippen molar-refractivity contribution in [3.05, 3.63) is 0 Å². The second-order valence-corrected chi connectivity index (χ2v) is 4.96. The topological polar surface area (TPSA) is 55.1 Å². The van der Waals surface area contributed by atoms with E-state index in [2.05, 4.69) is 5.32 Å². The van der Waals surface area contributed by atoms with Crippen LogP contribution in [0.2, 0.25) is 0 Å². The summed E-state index contributed by atoms with van der Waals surface area (Å²) in [6, 6.07) is 0.0533. The molecule has 14 heavy (non-hydrogen) atoms. The lowest BCUT2D eigenvalue weighted by atomic mass is 9.63. The molecule has 1 unspecified atom stereocenters. The molecule has 0 bridgehead atoms. The van der Waals surface area contributed by atoms with Crippen molar-refractivity contribution < 1.29 is 4.79 Å². The van der Waals surface area contributed by atoms with E-state index in [0.717, 1.165) is 6.42 Å². The van der Waals surface area contributed by atoms with Crippen molar-refractivity contribution in [3.8, 4) is 0 Å². The Kier molecular flexibility index (Phi) is 2.52. The van der Waals surface area contributed by atoms with Gasteiger partial charge in [0.2, 0.25) is 5.91 Å². The van der Waals surface area contributed by atoms with E-state index >= 15 is 0 Å². The number of amides is 1. The molecule has 0 heterocycles. The average molecular weight is 196 g/mol. The lowest BCUT2D eigenvalue weighted by Gasteiger charge is -2.47. The summed E-state index contributed by atoms with van der Waals surface area (Å²) in [5.41, 5.74) is 6.00. The molecule has 2 fully saturated rings. The number of hydrogen-bond acceptors (Lipinski definition) is 2. The van der Waals surface area contributed by atoms with E-state index in [1.807, 2.05) is 0 Å². The van der Waals surface area contributed by atoms with Crippen LogP contribution in [0.4, 0.5) is 0 Å². The van der Waals surface area contributed by atoms with Crippen LogP contribution in [0.1, 0.15) is 45.4 Å². The predicted octanol–water partition coefficient (Wildman–Crippen LogP) is 1.17. The molecule has 3 heteroatoms. The number of hydrogen-bond donors (Lipinski definition) is 2. The largest absolute Gasteiger partial charge is 0.351 e. The van der Waals surface area contributed by atoms with Crippen LogP contribution in [-0.4, -0.2) is 18.0 Å². The van der Waals surface area contributed by atoms with Crippen molar-refractivity contribution in [2.45, 2.75) is 57.5 Å². The van der Waals surface area contributed by atoms with Crippen molar-refractivity contribution in [1.29, 1.82) is 0 Å². The number of rotatable bonds is 2. The van der Waals surface area contributed by atoms with Crippen LogP contribution in [0.3, 0.4) is 0 Å². The Morgan fingerprint density at radius 2 is 2.07 bits per heavy atom. The summed E-state index contributed by atoms with van der Waals surface area (Å²) in [6.45, 7) is 1.75. The Morgan fingerprint density at radius 1 is 1.43 bits per heavy atom. The van der Waals surface area contributed by atoms with E-state index < -0.39 is 0 Å².